The zero-order chi connectivity index (χ0) is 18.8. The molecule has 26 heavy (non-hydrogen) atoms. The van der Waals surface area contributed by atoms with Gasteiger partial charge in [-0.2, -0.15) is 0 Å². The second-order valence-electron chi connectivity index (χ2n) is 6.40. The van der Waals surface area contributed by atoms with Gasteiger partial charge >= 0.3 is 0 Å². The summed E-state index contributed by atoms with van der Waals surface area (Å²) < 4.78 is 32.2. The summed E-state index contributed by atoms with van der Waals surface area (Å²) in [6, 6.07) is 6.22. The molecule has 7 nitrogen and oxygen atoms in total. The number of nitrogens with one attached hydrogen (secondary N) is 3. The Morgan fingerprint density at radius 3 is 2.69 bits per heavy atom. The van der Waals surface area contributed by atoms with Crippen LogP contribution in [0.1, 0.15) is 32.6 Å². The number of hydrogen-bond acceptors (Lipinski definition) is 5. The van der Waals surface area contributed by atoms with E-state index in [-0.39, 0.29) is 23.8 Å². The summed E-state index contributed by atoms with van der Waals surface area (Å²) in [5.41, 5.74) is 0. The minimum atomic E-state index is -3.62. The summed E-state index contributed by atoms with van der Waals surface area (Å²) in [6.07, 6.45) is 3.46. The van der Waals surface area contributed by atoms with E-state index in [0.29, 0.717) is 24.8 Å². The van der Waals surface area contributed by atoms with Crippen LogP contribution in [0, 0.1) is 5.92 Å². The maximum atomic E-state index is 12.2. The zero-order valence-electron chi connectivity index (χ0n) is 15.3. The molecule has 3 N–H and O–H groups in total. The highest BCUT2D eigenvalue weighted by Gasteiger charge is 2.15. The van der Waals surface area contributed by atoms with Gasteiger partial charge in [-0.1, -0.05) is 0 Å². The minimum absolute atomic E-state index is 0.0758. The Kier molecular flexibility index (Phi) is 8.34. The zero-order valence-corrected chi connectivity index (χ0v) is 16.1. The molecule has 0 bridgehead atoms. The third-order valence-electron chi connectivity index (χ3n) is 4.36. The number of benzene rings is 1. The van der Waals surface area contributed by atoms with Gasteiger partial charge in [0.05, 0.1) is 11.5 Å². The topological polar surface area (TPSA) is 96.5 Å². The largest absolute Gasteiger partial charge is 0.494 e. The van der Waals surface area contributed by atoms with Gasteiger partial charge in [-0.25, -0.2) is 13.1 Å². The number of hydrogen-bond donors (Lipinski definition) is 3. The van der Waals surface area contributed by atoms with Gasteiger partial charge in [0.1, 0.15) is 5.75 Å². The Morgan fingerprint density at radius 2 is 2.04 bits per heavy atom. The first-order chi connectivity index (χ1) is 12.5. The van der Waals surface area contributed by atoms with Crippen molar-refractivity contribution < 1.29 is 17.9 Å². The Labute approximate surface area is 155 Å². The lowest BCUT2D eigenvalue weighted by atomic mass is 9.96. The summed E-state index contributed by atoms with van der Waals surface area (Å²) in [5, 5.41) is 6.21. The quantitative estimate of drug-likeness (QED) is 0.565. The van der Waals surface area contributed by atoms with Gasteiger partial charge in [0.15, 0.2) is 0 Å². The summed E-state index contributed by atoms with van der Waals surface area (Å²) in [4.78, 5) is 12.0. The molecule has 1 aromatic rings. The highest BCUT2D eigenvalue weighted by molar-refractivity contribution is 7.89. The minimum Gasteiger partial charge on any atom is -0.494 e. The van der Waals surface area contributed by atoms with Gasteiger partial charge in [0.25, 0.3) is 0 Å². The van der Waals surface area contributed by atoms with E-state index in [4.69, 9.17) is 4.74 Å². The molecule has 2 rings (SSSR count). The van der Waals surface area contributed by atoms with Gasteiger partial charge in [-0.3, -0.25) is 4.79 Å². The smallest absolute Gasteiger partial charge is 0.240 e. The lowest BCUT2D eigenvalue weighted by molar-refractivity contribution is -0.120. The molecule has 0 aliphatic carbocycles. The molecule has 1 heterocycles. The van der Waals surface area contributed by atoms with Crippen LogP contribution < -0.4 is 20.1 Å². The molecule has 146 valence electrons. The van der Waals surface area contributed by atoms with E-state index in [1.165, 1.54) is 25.0 Å². The van der Waals surface area contributed by atoms with Crippen molar-refractivity contribution in [3.8, 4) is 5.75 Å². The summed E-state index contributed by atoms with van der Waals surface area (Å²) in [7, 11) is -3.62. The van der Waals surface area contributed by atoms with E-state index < -0.39 is 10.0 Å². The van der Waals surface area contributed by atoms with Crippen LogP contribution in [0.4, 0.5) is 0 Å². The fourth-order valence-corrected chi connectivity index (χ4v) is 3.97. The molecule has 0 saturated carbocycles. The highest BCUT2D eigenvalue weighted by Crippen LogP contribution is 2.16. The number of sulfonamides is 1. The Balaban J connectivity index is 1.67. The predicted molar refractivity (Wildman–Crippen MR) is 101 cm³/mol. The first-order valence-electron chi connectivity index (χ1n) is 9.21. The van der Waals surface area contributed by atoms with E-state index in [0.717, 1.165) is 19.5 Å². The van der Waals surface area contributed by atoms with Gasteiger partial charge in [-0.05, 0) is 69.5 Å². The molecule has 1 aromatic carbocycles. The number of piperidine rings is 1. The molecule has 0 radical (unpaired) electrons. The van der Waals surface area contributed by atoms with Crippen molar-refractivity contribution in [2.45, 2.75) is 37.5 Å². The lowest BCUT2D eigenvalue weighted by Crippen LogP contribution is -2.34. The van der Waals surface area contributed by atoms with Gasteiger partial charge in [0.2, 0.25) is 15.9 Å². The summed E-state index contributed by atoms with van der Waals surface area (Å²) in [6.45, 7) is 5.19. The number of rotatable bonds is 10. The fourth-order valence-electron chi connectivity index (χ4n) is 2.94. The molecule has 0 spiro atoms. The number of amides is 1. The van der Waals surface area contributed by atoms with Crippen LogP contribution in [0.5, 0.6) is 5.75 Å². The molecular formula is C18H29N3O4S. The second kappa shape index (κ2) is 10.5. The van der Waals surface area contributed by atoms with Crippen molar-refractivity contribution >= 4 is 15.9 Å². The first-order valence-corrected chi connectivity index (χ1v) is 10.7. The fraction of sp³-hybridized carbons (Fsp3) is 0.611. The third-order valence-corrected chi connectivity index (χ3v) is 5.84. The van der Waals surface area contributed by atoms with Crippen molar-refractivity contribution in [1.29, 1.82) is 0 Å². The molecule has 1 atom stereocenters. The van der Waals surface area contributed by atoms with Crippen molar-refractivity contribution in [3.05, 3.63) is 24.3 Å². The molecule has 8 heteroatoms. The van der Waals surface area contributed by atoms with Crippen molar-refractivity contribution in [1.82, 2.24) is 15.4 Å². The monoisotopic (exact) mass is 383 g/mol. The molecule has 1 aliphatic heterocycles. The van der Waals surface area contributed by atoms with E-state index in [9.17, 15) is 13.2 Å². The number of carbonyl (C=O) groups is 1. The van der Waals surface area contributed by atoms with Crippen LogP contribution >= 0.6 is 0 Å². The summed E-state index contributed by atoms with van der Waals surface area (Å²) >= 11 is 0. The Morgan fingerprint density at radius 1 is 1.27 bits per heavy atom. The third kappa shape index (κ3) is 6.93. The van der Waals surface area contributed by atoms with E-state index in [1.54, 1.807) is 12.1 Å². The molecule has 1 fully saturated rings. The van der Waals surface area contributed by atoms with Crippen molar-refractivity contribution in [3.63, 3.8) is 0 Å². The van der Waals surface area contributed by atoms with E-state index >= 15 is 0 Å². The van der Waals surface area contributed by atoms with Crippen LogP contribution in [-0.2, 0) is 14.8 Å². The first kappa shape index (κ1) is 20.7. The number of carbonyl (C=O) groups excluding carboxylic acids is 1. The highest BCUT2D eigenvalue weighted by atomic mass is 32.2. The van der Waals surface area contributed by atoms with Gasteiger partial charge < -0.3 is 15.4 Å². The van der Waals surface area contributed by atoms with Crippen LogP contribution in [0.25, 0.3) is 0 Å². The van der Waals surface area contributed by atoms with Crippen LogP contribution in [-0.4, -0.2) is 47.1 Å². The maximum absolute atomic E-state index is 12.2. The van der Waals surface area contributed by atoms with Crippen LogP contribution in [0.3, 0.4) is 0 Å². The van der Waals surface area contributed by atoms with Crippen LogP contribution in [0.2, 0.25) is 0 Å². The van der Waals surface area contributed by atoms with E-state index in [2.05, 4.69) is 15.4 Å². The predicted octanol–water partition coefficient (Wildman–Crippen LogP) is 1.26. The molecule has 0 aromatic heterocycles. The average Bonchev–Trinajstić information content (AvgIpc) is 2.63. The van der Waals surface area contributed by atoms with Gasteiger partial charge in [0, 0.05) is 19.5 Å². The molecule has 1 unspecified atom stereocenters. The average molecular weight is 384 g/mol. The Bertz CT molecular complexity index is 656. The maximum Gasteiger partial charge on any atom is 0.240 e. The normalized spacial score (nSPS) is 17.7. The molecular weight excluding hydrogens is 354 g/mol. The molecule has 1 aliphatic rings. The SMILES string of the molecule is CCOc1ccc(S(=O)(=O)NCCC(=O)NCCC2CCCNC2)cc1. The number of ether oxygens (including phenoxy) is 1. The standard InChI is InChI=1S/C18H29N3O4S/c1-2-25-16-5-7-17(8-6-16)26(23,24)21-13-10-18(22)20-12-9-15-4-3-11-19-14-15/h5-8,15,19,21H,2-4,9-14H2,1H3,(H,20,22). The van der Waals surface area contributed by atoms with E-state index in [1.807, 2.05) is 6.92 Å². The second-order valence-corrected chi connectivity index (χ2v) is 8.17. The Hall–Kier alpha value is -1.64. The van der Waals surface area contributed by atoms with Crippen molar-refractivity contribution in [2.75, 3.05) is 32.8 Å². The molecule has 1 saturated heterocycles. The van der Waals surface area contributed by atoms with Crippen LogP contribution in [0.15, 0.2) is 29.2 Å². The van der Waals surface area contributed by atoms with Gasteiger partial charge in [-0.15, -0.1) is 0 Å². The lowest BCUT2D eigenvalue weighted by Gasteiger charge is -2.22. The van der Waals surface area contributed by atoms with Crippen molar-refractivity contribution in [2.24, 2.45) is 5.92 Å². The molecule has 1 amide bonds. The summed E-state index contributed by atoms with van der Waals surface area (Å²) in [5.74, 6) is 1.10.